The van der Waals surface area contributed by atoms with Crippen LogP contribution in [-0.2, 0) is 0 Å². The Morgan fingerprint density at radius 1 is 1.47 bits per heavy atom. The van der Waals surface area contributed by atoms with Gasteiger partial charge in [-0.15, -0.1) is 0 Å². The van der Waals surface area contributed by atoms with Crippen molar-refractivity contribution in [3.63, 3.8) is 0 Å². The smallest absolute Gasteiger partial charge is 0.322 e. The van der Waals surface area contributed by atoms with Crippen LogP contribution in [0.5, 0.6) is 0 Å². The quantitative estimate of drug-likeness (QED) is 0.894. The first-order valence-corrected chi connectivity index (χ1v) is 6.39. The molecule has 0 aromatic heterocycles. The van der Waals surface area contributed by atoms with Crippen molar-refractivity contribution in [3.05, 3.63) is 29.0 Å². The maximum atomic E-state index is 12.9. The lowest BCUT2D eigenvalue weighted by Gasteiger charge is -2.28. The number of amides is 2. The number of rotatable bonds is 4. The Morgan fingerprint density at radius 2 is 2.11 bits per heavy atom. The number of carbonyl (C=O) groups is 1. The molecule has 4 nitrogen and oxygen atoms in total. The summed E-state index contributed by atoms with van der Waals surface area (Å²) in [6.07, 6.45) is -0.628. The fourth-order valence-electron chi connectivity index (χ4n) is 1.59. The van der Waals surface area contributed by atoms with Gasteiger partial charge in [-0.25, -0.2) is 9.18 Å². The first kappa shape index (κ1) is 15.7. The van der Waals surface area contributed by atoms with Gasteiger partial charge in [0.25, 0.3) is 0 Å². The van der Waals surface area contributed by atoms with E-state index in [1.165, 1.54) is 17.0 Å². The van der Waals surface area contributed by atoms with Crippen molar-refractivity contribution in [2.24, 2.45) is 0 Å². The summed E-state index contributed by atoms with van der Waals surface area (Å²) in [5, 5.41) is 12.1. The molecule has 0 radical (unpaired) electrons. The number of carbonyl (C=O) groups excluding carboxylic acids is 1. The van der Waals surface area contributed by atoms with Crippen LogP contribution in [0.2, 0.25) is 5.02 Å². The summed E-state index contributed by atoms with van der Waals surface area (Å²) < 4.78 is 12.9. The highest BCUT2D eigenvalue weighted by Gasteiger charge is 2.19. The second kappa shape index (κ2) is 6.73. The molecule has 2 amide bonds. The molecule has 0 aliphatic rings. The number of nitrogens with zero attached hydrogens (tertiary/aromatic N) is 1. The number of hydrogen-bond donors (Lipinski definition) is 2. The molecule has 1 aromatic rings. The lowest BCUT2D eigenvalue weighted by molar-refractivity contribution is 0.125. The van der Waals surface area contributed by atoms with Crippen LogP contribution < -0.4 is 5.32 Å². The third-order valence-corrected chi connectivity index (χ3v) is 2.83. The minimum Gasteiger partial charge on any atom is -0.392 e. The van der Waals surface area contributed by atoms with E-state index in [4.69, 9.17) is 11.6 Å². The molecule has 0 saturated heterocycles. The topological polar surface area (TPSA) is 52.6 Å². The minimum absolute atomic E-state index is 0.0752. The van der Waals surface area contributed by atoms with Gasteiger partial charge >= 0.3 is 6.03 Å². The van der Waals surface area contributed by atoms with Gasteiger partial charge in [0.05, 0.1) is 16.8 Å². The Morgan fingerprint density at radius 3 is 2.58 bits per heavy atom. The highest BCUT2D eigenvalue weighted by atomic mass is 35.5. The summed E-state index contributed by atoms with van der Waals surface area (Å²) in [5.41, 5.74) is 0.337. The number of urea groups is 1. The first-order valence-electron chi connectivity index (χ1n) is 6.02. The summed E-state index contributed by atoms with van der Waals surface area (Å²) in [6, 6.07) is 3.29. The largest absolute Gasteiger partial charge is 0.392 e. The Bertz CT molecular complexity index is 452. The normalized spacial score (nSPS) is 12.4. The summed E-state index contributed by atoms with van der Waals surface area (Å²) in [5.74, 6) is -0.465. The van der Waals surface area contributed by atoms with Crippen molar-refractivity contribution in [1.29, 1.82) is 0 Å². The van der Waals surface area contributed by atoms with Crippen LogP contribution in [0.25, 0.3) is 0 Å². The molecule has 0 aliphatic carbocycles. The van der Waals surface area contributed by atoms with Crippen LogP contribution in [0.15, 0.2) is 18.2 Å². The molecule has 1 rings (SSSR count). The van der Waals surface area contributed by atoms with E-state index in [1.807, 2.05) is 13.8 Å². The Labute approximate surface area is 117 Å². The van der Waals surface area contributed by atoms with Gasteiger partial charge in [0, 0.05) is 12.6 Å². The molecule has 0 saturated carbocycles. The Hall–Kier alpha value is -1.33. The van der Waals surface area contributed by atoms with Crippen LogP contribution in [-0.4, -0.2) is 34.7 Å². The van der Waals surface area contributed by atoms with Crippen molar-refractivity contribution in [3.8, 4) is 0 Å². The highest BCUT2D eigenvalue weighted by Crippen LogP contribution is 2.23. The molecule has 106 valence electrons. The van der Waals surface area contributed by atoms with Crippen molar-refractivity contribution in [1.82, 2.24) is 4.90 Å². The van der Waals surface area contributed by atoms with Crippen LogP contribution in [0.3, 0.4) is 0 Å². The molecule has 6 heteroatoms. The number of hydrogen-bond acceptors (Lipinski definition) is 2. The molecule has 0 heterocycles. The second-order valence-corrected chi connectivity index (χ2v) is 5.06. The van der Waals surface area contributed by atoms with E-state index in [-0.39, 0.29) is 23.6 Å². The number of halogens is 2. The standard InChI is InChI=1S/C13H18ClFN2O2/c1-8(2)17(7-9(3)18)13(19)16-12-5-4-10(15)6-11(12)14/h4-6,8-9,18H,7H2,1-3H3,(H,16,19). The number of aliphatic hydroxyl groups is 1. The maximum Gasteiger partial charge on any atom is 0.322 e. The van der Waals surface area contributed by atoms with Gasteiger partial charge in [-0.3, -0.25) is 0 Å². The van der Waals surface area contributed by atoms with Crippen molar-refractivity contribution >= 4 is 23.3 Å². The van der Waals surface area contributed by atoms with E-state index in [1.54, 1.807) is 6.92 Å². The monoisotopic (exact) mass is 288 g/mol. The Balaban J connectivity index is 2.81. The summed E-state index contributed by atoms with van der Waals surface area (Å²) in [4.78, 5) is 13.6. The first-order chi connectivity index (χ1) is 8.81. The second-order valence-electron chi connectivity index (χ2n) is 4.65. The molecule has 0 fully saturated rings. The van der Waals surface area contributed by atoms with Gasteiger partial charge in [-0.2, -0.15) is 0 Å². The molecule has 19 heavy (non-hydrogen) atoms. The zero-order valence-corrected chi connectivity index (χ0v) is 11.9. The fraction of sp³-hybridized carbons (Fsp3) is 0.462. The van der Waals surface area contributed by atoms with Gasteiger partial charge in [0.2, 0.25) is 0 Å². The van der Waals surface area contributed by atoms with E-state index in [0.717, 1.165) is 6.07 Å². The zero-order chi connectivity index (χ0) is 14.6. The van der Waals surface area contributed by atoms with Crippen LogP contribution in [0.1, 0.15) is 20.8 Å². The van der Waals surface area contributed by atoms with E-state index in [0.29, 0.717) is 5.69 Å². The van der Waals surface area contributed by atoms with E-state index < -0.39 is 11.9 Å². The van der Waals surface area contributed by atoms with Crippen LogP contribution in [0, 0.1) is 5.82 Å². The lowest BCUT2D eigenvalue weighted by atomic mass is 10.2. The fourth-order valence-corrected chi connectivity index (χ4v) is 1.81. The molecule has 0 spiro atoms. The average Bonchev–Trinajstić information content (AvgIpc) is 2.29. The molecule has 1 aromatic carbocycles. The summed E-state index contributed by atoms with van der Waals surface area (Å²) >= 11 is 5.84. The number of benzene rings is 1. The van der Waals surface area contributed by atoms with Gasteiger partial charge in [-0.1, -0.05) is 11.6 Å². The molecule has 0 aliphatic heterocycles. The third-order valence-electron chi connectivity index (χ3n) is 2.52. The van der Waals surface area contributed by atoms with E-state index in [2.05, 4.69) is 5.32 Å². The lowest BCUT2D eigenvalue weighted by Crippen LogP contribution is -2.43. The average molecular weight is 289 g/mol. The van der Waals surface area contributed by atoms with Crippen molar-refractivity contribution in [2.75, 3.05) is 11.9 Å². The molecule has 2 N–H and O–H groups in total. The number of nitrogens with one attached hydrogen (secondary N) is 1. The van der Waals surface area contributed by atoms with Crippen LogP contribution >= 0.6 is 11.6 Å². The molecule has 0 bridgehead atoms. The van der Waals surface area contributed by atoms with E-state index in [9.17, 15) is 14.3 Å². The van der Waals surface area contributed by atoms with Gasteiger partial charge in [-0.05, 0) is 39.0 Å². The van der Waals surface area contributed by atoms with E-state index >= 15 is 0 Å². The van der Waals surface area contributed by atoms with Crippen molar-refractivity contribution in [2.45, 2.75) is 32.9 Å². The third kappa shape index (κ3) is 4.69. The molecule has 1 atom stereocenters. The Kier molecular flexibility index (Phi) is 5.57. The van der Waals surface area contributed by atoms with Gasteiger partial charge in [0.1, 0.15) is 5.82 Å². The highest BCUT2D eigenvalue weighted by molar-refractivity contribution is 6.33. The summed E-state index contributed by atoms with van der Waals surface area (Å²) in [6.45, 7) is 5.50. The predicted octanol–water partition coefficient (Wildman–Crippen LogP) is 3.10. The molecular formula is C13H18ClFN2O2. The zero-order valence-electron chi connectivity index (χ0n) is 11.2. The molecular weight excluding hydrogens is 271 g/mol. The van der Waals surface area contributed by atoms with Gasteiger partial charge < -0.3 is 15.3 Å². The molecule has 1 unspecified atom stereocenters. The van der Waals surface area contributed by atoms with Crippen LogP contribution in [0.4, 0.5) is 14.9 Å². The number of anilines is 1. The van der Waals surface area contributed by atoms with Crippen molar-refractivity contribution < 1.29 is 14.3 Å². The van der Waals surface area contributed by atoms with Gasteiger partial charge in [0.15, 0.2) is 0 Å². The maximum absolute atomic E-state index is 12.9. The summed E-state index contributed by atoms with van der Waals surface area (Å²) in [7, 11) is 0. The predicted molar refractivity (Wildman–Crippen MR) is 74.0 cm³/mol. The SMILES string of the molecule is CC(O)CN(C(=O)Nc1ccc(F)cc1Cl)C(C)C. The minimum atomic E-state index is -0.628. The number of aliphatic hydroxyl groups excluding tert-OH is 1.